The standard InChI is InChI=1S/C15H19N3O4/c19-13-8-17-12-6-5-11(18-14(12)22-13)7-16-10-3-1-9(2-4-10)15(20)21/h5-6,9-10,16-17H,1-4,7-8H2,(H,20,21)/t9-,10-. The lowest BCUT2D eigenvalue weighted by Gasteiger charge is -2.27. The van der Waals surface area contributed by atoms with Crippen LogP contribution in [-0.4, -0.2) is 34.6 Å². The molecule has 2 aliphatic rings. The number of hydrogen-bond acceptors (Lipinski definition) is 6. The van der Waals surface area contributed by atoms with Crippen molar-refractivity contribution in [2.75, 3.05) is 11.9 Å². The van der Waals surface area contributed by atoms with Crippen molar-refractivity contribution >= 4 is 17.6 Å². The molecule has 3 N–H and O–H groups in total. The van der Waals surface area contributed by atoms with E-state index in [1.807, 2.05) is 12.1 Å². The number of fused-ring (bicyclic) bond motifs is 1. The van der Waals surface area contributed by atoms with Gasteiger partial charge in [0.15, 0.2) is 0 Å². The van der Waals surface area contributed by atoms with Crippen LogP contribution in [0.25, 0.3) is 0 Å². The first-order valence-corrected chi connectivity index (χ1v) is 7.52. The van der Waals surface area contributed by atoms with Crippen molar-refractivity contribution in [1.82, 2.24) is 10.3 Å². The van der Waals surface area contributed by atoms with Crippen LogP contribution in [0, 0.1) is 5.92 Å². The minimum absolute atomic E-state index is 0.166. The van der Waals surface area contributed by atoms with E-state index in [1.165, 1.54) is 0 Å². The molecule has 1 saturated carbocycles. The molecule has 0 bridgehead atoms. The number of nitrogens with one attached hydrogen (secondary N) is 2. The molecule has 0 amide bonds. The van der Waals surface area contributed by atoms with Crippen molar-refractivity contribution in [3.63, 3.8) is 0 Å². The number of carboxylic acid groups (broad SMARTS) is 1. The molecule has 118 valence electrons. The predicted octanol–water partition coefficient (Wildman–Crippen LogP) is 1.15. The number of carbonyl (C=O) groups is 2. The first-order chi connectivity index (χ1) is 10.6. The van der Waals surface area contributed by atoms with Crippen molar-refractivity contribution < 1.29 is 19.4 Å². The molecule has 22 heavy (non-hydrogen) atoms. The lowest BCUT2D eigenvalue weighted by atomic mass is 9.86. The van der Waals surface area contributed by atoms with Gasteiger partial charge in [-0.05, 0) is 37.8 Å². The molecule has 1 aliphatic heterocycles. The van der Waals surface area contributed by atoms with E-state index < -0.39 is 5.97 Å². The average Bonchev–Trinajstić information content (AvgIpc) is 2.53. The summed E-state index contributed by atoms with van der Waals surface area (Å²) < 4.78 is 5.10. The molecule has 0 aromatic carbocycles. The van der Waals surface area contributed by atoms with Crippen LogP contribution >= 0.6 is 0 Å². The van der Waals surface area contributed by atoms with Crippen LogP contribution in [0.2, 0.25) is 0 Å². The van der Waals surface area contributed by atoms with E-state index in [9.17, 15) is 9.59 Å². The third kappa shape index (κ3) is 3.36. The van der Waals surface area contributed by atoms with Crippen molar-refractivity contribution in [3.05, 3.63) is 17.8 Å². The van der Waals surface area contributed by atoms with E-state index in [-0.39, 0.29) is 18.4 Å². The van der Waals surface area contributed by atoms with Gasteiger partial charge in [0.05, 0.1) is 17.3 Å². The maximum atomic E-state index is 11.2. The van der Waals surface area contributed by atoms with Gasteiger partial charge >= 0.3 is 11.9 Å². The lowest BCUT2D eigenvalue weighted by molar-refractivity contribution is -0.143. The van der Waals surface area contributed by atoms with Crippen molar-refractivity contribution in [2.45, 2.75) is 38.3 Å². The zero-order valence-corrected chi connectivity index (χ0v) is 12.2. The zero-order chi connectivity index (χ0) is 15.5. The van der Waals surface area contributed by atoms with Gasteiger partial charge < -0.3 is 20.5 Å². The predicted molar refractivity (Wildman–Crippen MR) is 78.6 cm³/mol. The number of esters is 1. The number of anilines is 1. The monoisotopic (exact) mass is 305 g/mol. The smallest absolute Gasteiger partial charge is 0.332 e. The Labute approximate surface area is 128 Å². The first-order valence-electron chi connectivity index (χ1n) is 7.52. The number of carbonyl (C=O) groups excluding carboxylic acids is 1. The minimum atomic E-state index is -0.691. The van der Waals surface area contributed by atoms with E-state index >= 15 is 0 Å². The summed E-state index contributed by atoms with van der Waals surface area (Å²) in [5.41, 5.74) is 1.53. The fraction of sp³-hybridized carbons (Fsp3) is 0.533. The van der Waals surface area contributed by atoms with Crippen LogP contribution in [-0.2, 0) is 16.1 Å². The molecule has 7 heteroatoms. The van der Waals surface area contributed by atoms with Crippen LogP contribution in [0.15, 0.2) is 12.1 Å². The van der Waals surface area contributed by atoms with Crippen LogP contribution in [0.4, 0.5) is 5.69 Å². The Balaban J connectivity index is 1.53. The molecule has 0 unspecified atom stereocenters. The molecule has 0 radical (unpaired) electrons. The van der Waals surface area contributed by atoms with Gasteiger partial charge in [0.25, 0.3) is 0 Å². The normalized spacial score (nSPS) is 24.1. The molecule has 0 spiro atoms. The van der Waals surface area contributed by atoms with E-state index in [0.29, 0.717) is 31.3 Å². The lowest BCUT2D eigenvalue weighted by Crippen LogP contribution is -2.34. The molecule has 1 aromatic rings. The van der Waals surface area contributed by atoms with Crippen LogP contribution in [0.3, 0.4) is 0 Å². The highest BCUT2D eigenvalue weighted by molar-refractivity contribution is 5.82. The van der Waals surface area contributed by atoms with E-state index in [2.05, 4.69) is 15.6 Å². The van der Waals surface area contributed by atoms with Gasteiger partial charge in [-0.1, -0.05) is 0 Å². The molecule has 7 nitrogen and oxygen atoms in total. The molecule has 1 aromatic heterocycles. The second-order valence-corrected chi connectivity index (χ2v) is 5.75. The van der Waals surface area contributed by atoms with Gasteiger partial charge in [-0.2, -0.15) is 0 Å². The molecule has 3 rings (SSSR count). The van der Waals surface area contributed by atoms with Crippen molar-refractivity contribution in [2.24, 2.45) is 5.92 Å². The minimum Gasteiger partial charge on any atom is -0.481 e. The van der Waals surface area contributed by atoms with E-state index in [4.69, 9.17) is 9.84 Å². The maximum absolute atomic E-state index is 11.2. The fourth-order valence-corrected chi connectivity index (χ4v) is 2.89. The Bertz CT molecular complexity index is 582. The summed E-state index contributed by atoms with van der Waals surface area (Å²) >= 11 is 0. The second-order valence-electron chi connectivity index (χ2n) is 5.75. The van der Waals surface area contributed by atoms with Gasteiger partial charge in [-0.3, -0.25) is 4.79 Å². The van der Waals surface area contributed by atoms with Crippen molar-refractivity contribution in [3.8, 4) is 5.88 Å². The van der Waals surface area contributed by atoms with Gasteiger partial charge in [0.1, 0.15) is 6.54 Å². The summed E-state index contributed by atoms with van der Waals surface area (Å²) in [6, 6.07) is 4.06. The summed E-state index contributed by atoms with van der Waals surface area (Å²) in [7, 11) is 0. The number of aliphatic carboxylic acids is 1. The highest BCUT2D eigenvalue weighted by atomic mass is 16.5. The number of carboxylic acids is 1. The number of ether oxygens (including phenoxy) is 1. The number of nitrogens with zero attached hydrogens (tertiary/aromatic N) is 1. The van der Waals surface area contributed by atoms with Gasteiger partial charge in [-0.25, -0.2) is 9.78 Å². The largest absolute Gasteiger partial charge is 0.481 e. The van der Waals surface area contributed by atoms with E-state index in [0.717, 1.165) is 24.2 Å². The fourth-order valence-electron chi connectivity index (χ4n) is 2.89. The van der Waals surface area contributed by atoms with Gasteiger partial charge in [0, 0.05) is 12.6 Å². The van der Waals surface area contributed by atoms with E-state index in [1.54, 1.807) is 0 Å². The maximum Gasteiger partial charge on any atom is 0.332 e. The second kappa shape index (κ2) is 6.31. The highest BCUT2D eigenvalue weighted by Crippen LogP contribution is 2.26. The summed E-state index contributed by atoms with van der Waals surface area (Å²) in [5, 5.41) is 15.3. The number of aromatic nitrogens is 1. The third-order valence-electron chi connectivity index (χ3n) is 4.20. The molecule has 0 saturated heterocycles. The quantitative estimate of drug-likeness (QED) is 0.717. The summed E-state index contributed by atoms with van der Waals surface area (Å²) in [4.78, 5) is 26.5. The highest BCUT2D eigenvalue weighted by Gasteiger charge is 2.25. The Hall–Kier alpha value is -2.15. The number of hydrogen-bond donors (Lipinski definition) is 3. The van der Waals surface area contributed by atoms with Crippen LogP contribution in [0.5, 0.6) is 5.88 Å². The summed E-state index contributed by atoms with van der Waals surface area (Å²) in [6.07, 6.45) is 3.15. The van der Waals surface area contributed by atoms with Crippen molar-refractivity contribution in [1.29, 1.82) is 0 Å². The third-order valence-corrected chi connectivity index (χ3v) is 4.20. The van der Waals surface area contributed by atoms with Gasteiger partial charge in [0.2, 0.25) is 5.88 Å². The molecule has 0 atom stereocenters. The summed E-state index contributed by atoms with van der Waals surface area (Å²) in [5.74, 6) is -0.906. The molecular formula is C15H19N3O4. The Morgan fingerprint density at radius 3 is 2.86 bits per heavy atom. The Morgan fingerprint density at radius 2 is 2.14 bits per heavy atom. The van der Waals surface area contributed by atoms with Crippen LogP contribution in [0.1, 0.15) is 31.4 Å². The zero-order valence-electron chi connectivity index (χ0n) is 12.2. The Kier molecular flexibility index (Phi) is 4.24. The molecular weight excluding hydrogens is 286 g/mol. The summed E-state index contributed by atoms with van der Waals surface area (Å²) in [6.45, 7) is 0.742. The Morgan fingerprint density at radius 1 is 1.36 bits per heavy atom. The number of pyridine rings is 1. The van der Waals surface area contributed by atoms with Crippen LogP contribution < -0.4 is 15.4 Å². The van der Waals surface area contributed by atoms with Gasteiger partial charge in [-0.15, -0.1) is 0 Å². The molecule has 1 fully saturated rings. The number of rotatable bonds is 4. The molecule has 2 heterocycles. The average molecular weight is 305 g/mol. The SMILES string of the molecule is O=C1CNc2ccc(CN[C@H]3CC[C@H](C(=O)O)CC3)nc2O1. The topological polar surface area (TPSA) is 101 Å². The first kappa shape index (κ1) is 14.8. The molecule has 1 aliphatic carbocycles.